The predicted octanol–water partition coefficient (Wildman–Crippen LogP) is 4.69. The van der Waals surface area contributed by atoms with Crippen molar-refractivity contribution in [2.45, 2.75) is 18.6 Å². The Morgan fingerprint density at radius 3 is 2.63 bits per heavy atom. The molecule has 0 bridgehead atoms. The van der Waals surface area contributed by atoms with Crippen molar-refractivity contribution in [2.24, 2.45) is 4.99 Å². The van der Waals surface area contributed by atoms with Crippen LogP contribution in [0.25, 0.3) is 0 Å². The Kier molecular flexibility index (Phi) is 7.12. The zero-order chi connectivity index (χ0) is 21.8. The molecular formula is C20H19Cl2N3O4S. The summed E-state index contributed by atoms with van der Waals surface area (Å²) >= 11 is 13.1. The van der Waals surface area contributed by atoms with Crippen LogP contribution < -0.4 is 10.1 Å². The second kappa shape index (κ2) is 9.59. The van der Waals surface area contributed by atoms with Gasteiger partial charge >= 0.3 is 0 Å². The summed E-state index contributed by atoms with van der Waals surface area (Å²) < 4.78 is 5.26. The van der Waals surface area contributed by atoms with Gasteiger partial charge in [-0.1, -0.05) is 47.1 Å². The van der Waals surface area contributed by atoms with Crippen molar-refractivity contribution in [3.05, 3.63) is 46.4 Å². The van der Waals surface area contributed by atoms with Gasteiger partial charge in [0.15, 0.2) is 10.9 Å². The van der Waals surface area contributed by atoms with Gasteiger partial charge < -0.3 is 15.2 Å². The first-order valence-electron chi connectivity index (χ1n) is 9.01. The molecule has 10 heteroatoms. The number of phenols is 1. The van der Waals surface area contributed by atoms with Crippen LogP contribution in [0.3, 0.4) is 0 Å². The molecule has 1 atom stereocenters. The summed E-state index contributed by atoms with van der Waals surface area (Å²) in [5.41, 5.74) is 0.883. The third-order valence-electron chi connectivity index (χ3n) is 4.34. The van der Waals surface area contributed by atoms with E-state index in [1.165, 1.54) is 35.9 Å². The highest BCUT2D eigenvalue weighted by Gasteiger charge is 2.35. The number of hydrogen-bond donors (Lipinski definition) is 2. The van der Waals surface area contributed by atoms with E-state index < -0.39 is 5.25 Å². The molecule has 2 aromatic rings. The highest BCUT2D eigenvalue weighted by atomic mass is 35.5. The molecule has 0 aromatic heterocycles. The van der Waals surface area contributed by atoms with Crippen LogP contribution in [0.5, 0.6) is 11.5 Å². The number of amides is 2. The van der Waals surface area contributed by atoms with Crippen molar-refractivity contribution in [3.8, 4) is 11.5 Å². The number of carbonyl (C=O) groups excluding carboxylic acids is 2. The molecule has 158 valence electrons. The topological polar surface area (TPSA) is 91.2 Å². The lowest BCUT2D eigenvalue weighted by atomic mass is 10.2. The Morgan fingerprint density at radius 1 is 1.33 bits per heavy atom. The van der Waals surface area contributed by atoms with E-state index >= 15 is 0 Å². The average molecular weight is 468 g/mol. The molecule has 0 aliphatic carbocycles. The number of carbonyl (C=O) groups is 2. The molecule has 0 radical (unpaired) electrons. The molecule has 30 heavy (non-hydrogen) atoms. The monoisotopic (exact) mass is 467 g/mol. The number of hydrogen-bond acceptors (Lipinski definition) is 6. The first-order chi connectivity index (χ1) is 14.3. The smallest absolute Gasteiger partial charge is 0.238 e. The first kappa shape index (κ1) is 22.3. The van der Waals surface area contributed by atoms with E-state index in [1.54, 1.807) is 24.3 Å². The van der Waals surface area contributed by atoms with Crippen molar-refractivity contribution in [1.82, 2.24) is 4.90 Å². The maximum Gasteiger partial charge on any atom is 0.238 e. The lowest BCUT2D eigenvalue weighted by Crippen LogP contribution is -2.45. The van der Waals surface area contributed by atoms with Gasteiger partial charge in [-0.25, -0.2) is 4.99 Å². The molecular weight excluding hydrogens is 449 g/mol. The molecule has 1 aliphatic rings. The normalized spacial score (nSPS) is 17.9. The number of aliphatic imine (C=N–C) groups is 1. The van der Waals surface area contributed by atoms with E-state index in [-0.39, 0.29) is 34.0 Å². The minimum absolute atomic E-state index is 0.0373. The summed E-state index contributed by atoms with van der Waals surface area (Å²) in [6, 6.07) is 9.91. The van der Waals surface area contributed by atoms with Gasteiger partial charge in [-0.3, -0.25) is 14.5 Å². The van der Waals surface area contributed by atoms with Gasteiger partial charge in [-0.15, -0.1) is 0 Å². The lowest BCUT2D eigenvalue weighted by Gasteiger charge is -2.31. The summed E-state index contributed by atoms with van der Waals surface area (Å²) in [6.45, 7) is 2.21. The number of nitrogens with zero attached hydrogens (tertiary/aromatic N) is 2. The number of aromatic hydroxyl groups is 1. The number of benzene rings is 2. The summed E-state index contributed by atoms with van der Waals surface area (Å²) in [5, 5.41) is 12.3. The zero-order valence-corrected chi connectivity index (χ0v) is 18.5. The number of methoxy groups -OCH3 is 1. The average Bonchev–Trinajstić information content (AvgIpc) is 2.72. The van der Waals surface area contributed by atoms with Crippen molar-refractivity contribution in [3.63, 3.8) is 0 Å². The molecule has 0 saturated carbocycles. The fourth-order valence-electron chi connectivity index (χ4n) is 2.84. The van der Waals surface area contributed by atoms with Crippen LogP contribution in [0.2, 0.25) is 10.0 Å². The lowest BCUT2D eigenvalue weighted by molar-refractivity contribution is -0.129. The first-order valence-corrected chi connectivity index (χ1v) is 10.6. The molecule has 1 heterocycles. The maximum atomic E-state index is 12.8. The summed E-state index contributed by atoms with van der Waals surface area (Å²) in [7, 11) is 1.52. The Balaban J connectivity index is 1.87. The Labute approximate surface area is 188 Å². The van der Waals surface area contributed by atoms with Crippen molar-refractivity contribution in [1.29, 1.82) is 0 Å². The summed E-state index contributed by atoms with van der Waals surface area (Å²) in [6.07, 6.45) is 0.0373. The number of ether oxygens (including phenoxy) is 1. The summed E-state index contributed by atoms with van der Waals surface area (Å²) in [4.78, 5) is 31.4. The van der Waals surface area contributed by atoms with E-state index in [1.807, 2.05) is 6.92 Å². The molecule has 0 spiro atoms. The van der Waals surface area contributed by atoms with Crippen LogP contribution in [0.4, 0.5) is 11.4 Å². The van der Waals surface area contributed by atoms with Crippen molar-refractivity contribution in [2.75, 3.05) is 19.0 Å². The van der Waals surface area contributed by atoms with Crippen molar-refractivity contribution < 1.29 is 19.4 Å². The fourth-order valence-corrected chi connectivity index (χ4v) is 4.48. The van der Waals surface area contributed by atoms with Gasteiger partial charge in [-0.05, 0) is 31.2 Å². The predicted molar refractivity (Wildman–Crippen MR) is 120 cm³/mol. The molecule has 2 N–H and O–H groups in total. The number of amidine groups is 1. The van der Waals surface area contributed by atoms with E-state index in [2.05, 4.69) is 10.3 Å². The number of para-hydroxylation sites is 2. The number of thioether (sulfide) groups is 1. The SMILES string of the molecule is CCN1C(=O)CC(C(=O)Nc2ccccc2OC)SC1=Nc1cc(Cl)c(O)c(Cl)c1. The van der Waals surface area contributed by atoms with Gasteiger partial charge in [0.05, 0.1) is 28.5 Å². The fraction of sp³-hybridized carbons (Fsp3) is 0.250. The van der Waals surface area contributed by atoms with Gasteiger partial charge in [0.1, 0.15) is 11.0 Å². The number of anilines is 1. The van der Waals surface area contributed by atoms with E-state index in [0.717, 1.165) is 0 Å². The zero-order valence-electron chi connectivity index (χ0n) is 16.2. The third-order valence-corrected chi connectivity index (χ3v) is 6.10. The highest BCUT2D eigenvalue weighted by Crippen LogP contribution is 2.37. The molecule has 1 unspecified atom stereocenters. The molecule has 2 aromatic carbocycles. The molecule has 3 rings (SSSR count). The summed E-state index contributed by atoms with van der Waals surface area (Å²) in [5.74, 6) is -0.263. The largest absolute Gasteiger partial charge is 0.505 e. The number of phenolic OH excluding ortho intramolecular Hbond substituents is 1. The number of nitrogens with one attached hydrogen (secondary N) is 1. The van der Waals surface area contributed by atoms with Gasteiger partial charge in [0.25, 0.3) is 0 Å². The van der Waals surface area contributed by atoms with E-state index in [4.69, 9.17) is 27.9 Å². The van der Waals surface area contributed by atoms with Crippen LogP contribution >= 0.6 is 35.0 Å². The maximum absolute atomic E-state index is 12.8. The van der Waals surface area contributed by atoms with Gasteiger partial charge in [0.2, 0.25) is 11.8 Å². The molecule has 1 fully saturated rings. The van der Waals surface area contributed by atoms with Crippen molar-refractivity contribution >= 4 is 63.3 Å². The second-order valence-corrected chi connectivity index (χ2v) is 8.27. The highest BCUT2D eigenvalue weighted by molar-refractivity contribution is 8.15. The van der Waals surface area contributed by atoms with Crippen LogP contribution in [0, 0.1) is 0 Å². The quantitative estimate of drug-likeness (QED) is 0.665. The van der Waals surface area contributed by atoms with E-state index in [9.17, 15) is 14.7 Å². The Morgan fingerprint density at radius 2 is 2.00 bits per heavy atom. The minimum Gasteiger partial charge on any atom is -0.505 e. The molecule has 2 amide bonds. The third kappa shape index (κ3) is 4.83. The van der Waals surface area contributed by atoms with E-state index in [0.29, 0.717) is 28.8 Å². The standard InChI is InChI=1S/C20H19Cl2N3O4S/c1-3-25-17(26)10-16(19(28)24-14-6-4-5-7-15(14)29-2)30-20(25)23-11-8-12(21)18(27)13(22)9-11/h4-9,16,27H,3,10H2,1-2H3,(H,24,28). The minimum atomic E-state index is -0.674. The van der Waals surface area contributed by atoms with Crippen LogP contribution in [0.1, 0.15) is 13.3 Å². The van der Waals surface area contributed by atoms with Gasteiger partial charge in [0, 0.05) is 13.0 Å². The molecule has 7 nitrogen and oxygen atoms in total. The number of halogens is 2. The second-order valence-electron chi connectivity index (χ2n) is 6.29. The van der Waals surface area contributed by atoms with Crippen LogP contribution in [-0.4, -0.2) is 45.9 Å². The van der Waals surface area contributed by atoms with Gasteiger partial charge in [-0.2, -0.15) is 0 Å². The molecule has 1 saturated heterocycles. The Hall–Kier alpha value is -2.42. The molecule has 1 aliphatic heterocycles. The van der Waals surface area contributed by atoms with Crippen LogP contribution in [0.15, 0.2) is 41.4 Å². The number of rotatable bonds is 5. The Bertz CT molecular complexity index is 992. The van der Waals surface area contributed by atoms with Crippen LogP contribution in [-0.2, 0) is 9.59 Å².